The molecule has 4 rings (SSSR count). The normalized spacial score (nSPS) is 28.9. The maximum absolute atomic E-state index is 12.6. The summed E-state index contributed by atoms with van der Waals surface area (Å²) < 4.78 is 21.4. The van der Waals surface area contributed by atoms with Gasteiger partial charge in [0.05, 0.1) is 39.3 Å². The number of thiophene rings is 1. The number of hydrogen-bond donors (Lipinski definition) is 2. The summed E-state index contributed by atoms with van der Waals surface area (Å²) in [5, 5.41) is 24.0. The first kappa shape index (κ1) is 18.1. The first-order chi connectivity index (χ1) is 13.0. The molecule has 0 radical (unpaired) electrons. The van der Waals surface area contributed by atoms with E-state index in [0.717, 1.165) is 4.88 Å². The average Bonchev–Trinajstić information content (AvgIpc) is 3.26. The topological polar surface area (TPSA) is 94.5 Å². The van der Waals surface area contributed by atoms with Crippen molar-refractivity contribution >= 4 is 17.3 Å². The Morgan fingerprint density at radius 2 is 1.85 bits per heavy atom. The van der Waals surface area contributed by atoms with Crippen molar-refractivity contribution in [3.8, 4) is 17.2 Å². The van der Waals surface area contributed by atoms with Gasteiger partial charge in [0.15, 0.2) is 17.1 Å². The Bertz CT molecular complexity index is 867. The molecule has 1 aromatic carbocycles. The zero-order chi connectivity index (χ0) is 19.3. The minimum absolute atomic E-state index is 0.0330. The van der Waals surface area contributed by atoms with Gasteiger partial charge in [-0.2, -0.15) is 0 Å². The Morgan fingerprint density at radius 1 is 1.19 bits per heavy atom. The molecular weight excluding hydrogens is 372 g/mol. The molecule has 2 aromatic rings. The maximum Gasteiger partial charge on any atom is 0.339 e. The molecule has 1 aliphatic heterocycles. The fraction of sp³-hybridized carbons (Fsp3) is 0.421. The Balaban J connectivity index is 1.97. The molecule has 1 aliphatic carbocycles. The van der Waals surface area contributed by atoms with E-state index in [2.05, 4.69) is 0 Å². The zero-order valence-electron chi connectivity index (χ0n) is 15.1. The van der Waals surface area contributed by atoms with E-state index >= 15 is 0 Å². The number of carbonyl (C=O) groups excluding carboxylic acids is 1. The Kier molecular flexibility index (Phi) is 4.29. The number of hydrogen-bond acceptors (Lipinski definition) is 8. The van der Waals surface area contributed by atoms with Gasteiger partial charge >= 0.3 is 5.97 Å². The quantitative estimate of drug-likeness (QED) is 0.767. The highest BCUT2D eigenvalue weighted by molar-refractivity contribution is 7.10. The molecule has 4 atom stereocenters. The molecule has 27 heavy (non-hydrogen) atoms. The first-order valence-electron chi connectivity index (χ1n) is 8.42. The van der Waals surface area contributed by atoms with Crippen molar-refractivity contribution in [1.82, 2.24) is 0 Å². The number of aliphatic hydroxyl groups excluding tert-OH is 1. The van der Waals surface area contributed by atoms with Crippen LogP contribution in [-0.2, 0) is 9.53 Å². The van der Waals surface area contributed by atoms with Gasteiger partial charge in [-0.05, 0) is 34.7 Å². The van der Waals surface area contributed by atoms with Crippen LogP contribution in [0.2, 0.25) is 0 Å². The number of cyclic esters (lactones) is 1. The van der Waals surface area contributed by atoms with Crippen LogP contribution in [0.5, 0.6) is 17.2 Å². The van der Waals surface area contributed by atoms with Gasteiger partial charge in [0.1, 0.15) is 6.61 Å². The van der Waals surface area contributed by atoms with Crippen molar-refractivity contribution in [1.29, 1.82) is 0 Å². The third-order valence-electron chi connectivity index (χ3n) is 5.43. The number of fused-ring (bicyclic) bond motifs is 2. The zero-order valence-corrected chi connectivity index (χ0v) is 15.9. The fourth-order valence-corrected chi connectivity index (χ4v) is 5.14. The van der Waals surface area contributed by atoms with Crippen LogP contribution in [0.4, 0.5) is 0 Å². The number of carbonyl (C=O) groups is 1. The molecule has 2 aliphatic rings. The molecule has 1 saturated heterocycles. The molecule has 144 valence electrons. The molecule has 1 aromatic heterocycles. The molecule has 8 heteroatoms. The molecule has 0 spiro atoms. The van der Waals surface area contributed by atoms with E-state index < -0.39 is 29.5 Å². The summed E-state index contributed by atoms with van der Waals surface area (Å²) in [4.78, 5) is 13.3. The average molecular weight is 392 g/mol. The lowest BCUT2D eigenvalue weighted by Crippen LogP contribution is -2.51. The number of esters is 1. The van der Waals surface area contributed by atoms with Gasteiger partial charge in [0.25, 0.3) is 0 Å². The second-order valence-electron chi connectivity index (χ2n) is 6.61. The maximum atomic E-state index is 12.6. The second kappa shape index (κ2) is 6.40. The van der Waals surface area contributed by atoms with Crippen molar-refractivity contribution in [2.45, 2.75) is 17.6 Å². The highest BCUT2D eigenvalue weighted by Crippen LogP contribution is 2.56. The van der Waals surface area contributed by atoms with Crippen LogP contribution >= 0.6 is 11.3 Å². The minimum atomic E-state index is -1.88. The molecule has 1 fully saturated rings. The lowest BCUT2D eigenvalue weighted by molar-refractivity contribution is -0.158. The summed E-state index contributed by atoms with van der Waals surface area (Å²) in [6.45, 7) is -0.0330. The van der Waals surface area contributed by atoms with Crippen LogP contribution in [0, 0.1) is 5.92 Å². The molecule has 2 heterocycles. The minimum Gasteiger partial charge on any atom is -0.493 e. The fourth-order valence-electron chi connectivity index (χ4n) is 4.15. The summed E-state index contributed by atoms with van der Waals surface area (Å²) in [6.07, 6.45) is -0.963. The summed E-state index contributed by atoms with van der Waals surface area (Å²) >= 11 is 1.39. The lowest BCUT2D eigenvalue weighted by atomic mass is 9.65. The molecule has 0 saturated carbocycles. The molecule has 0 bridgehead atoms. The summed E-state index contributed by atoms with van der Waals surface area (Å²) in [6, 6.07) is 5.24. The van der Waals surface area contributed by atoms with Gasteiger partial charge in [0.2, 0.25) is 5.75 Å². The van der Waals surface area contributed by atoms with E-state index in [1.54, 1.807) is 12.1 Å². The number of benzene rings is 1. The third-order valence-corrected chi connectivity index (χ3v) is 6.44. The van der Waals surface area contributed by atoms with E-state index in [1.165, 1.54) is 32.7 Å². The van der Waals surface area contributed by atoms with E-state index in [4.69, 9.17) is 18.9 Å². The van der Waals surface area contributed by atoms with Crippen LogP contribution in [0.1, 0.15) is 28.0 Å². The first-order valence-corrected chi connectivity index (χ1v) is 9.30. The van der Waals surface area contributed by atoms with Crippen molar-refractivity contribution in [2.24, 2.45) is 5.92 Å². The van der Waals surface area contributed by atoms with Crippen molar-refractivity contribution in [3.05, 3.63) is 39.6 Å². The van der Waals surface area contributed by atoms with Gasteiger partial charge in [-0.3, -0.25) is 0 Å². The predicted molar refractivity (Wildman–Crippen MR) is 96.6 cm³/mol. The second-order valence-corrected chi connectivity index (χ2v) is 7.55. The van der Waals surface area contributed by atoms with Gasteiger partial charge < -0.3 is 29.2 Å². The molecule has 7 nitrogen and oxygen atoms in total. The van der Waals surface area contributed by atoms with Crippen LogP contribution in [0.3, 0.4) is 0 Å². The summed E-state index contributed by atoms with van der Waals surface area (Å²) in [5.74, 6) is -0.955. The van der Waals surface area contributed by atoms with E-state index in [0.29, 0.717) is 28.4 Å². The monoisotopic (exact) mass is 392 g/mol. The van der Waals surface area contributed by atoms with Crippen LogP contribution < -0.4 is 14.2 Å². The lowest BCUT2D eigenvalue weighted by Gasteiger charge is -2.41. The number of aliphatic hydroxyl groups is 2. The summed E-state index contributed by atoms with van der Waals surface area (Å²) in [5.41, 5.74) is -0.570. The Labute approximate surface area is 160 Å². The Morgan fingerprint density at radius 3 is 2.44 bits per heavy atom. The van der Waals surface area contributed by atoms with E-state index in [-0.39, 0.29) is 6.61 Å². The molecular formula is C19H20O7S. The van der Waals surface area contributed by atoms with Gasteiger partial charge in [-0.1, -0.05) is 0 Å². The van der Waals surface area contributed by atoms with Crippen molar-refractivity contribution < 1.29 is 34.0 Å². The van der Waals surface area contributed by atoms with Gasteiger partial charge in [-0.15, -0.1) is 11.3 Å². The highest BCUT2D eigenvalue weighted by Gasteiger charge is 2.63. The van der Waals surface area contributed by atoms with Gasteiger partial charge in [-0.25, -0.2) is 4.79 Å². The van der Waals surface area contributed by atoms with Gasteiger partial charge in [0, 0.05) is 4.88 Å². The third kappa shape index (κ3) is 2.37. The number of rotatable bonds is 4. The van der Waals surface area contributed by atoms with Crippen molar-refractivity contribution in [2.75, 3.05) is 27.9 Å². The number of methoxy groups -OCH3 is 3. The highest BCUT2D eigenvalue weighted by atomic mass is 32.1. The summed E-state index contributed by atoms with van der Waals surface area (Å²) in [7, 11) is 4.51. The van der Waals surface area contributed by atoms with Crippen molar-refractivity contribution in [3.63, 3.8) is 0 Å². The van der Waals surface area contributed by atoms with Crippen LogP contribution in [0.15, 0.2) is 23.6 Å². The SMILES string of the molecule is COc1cc([C@@H]2c3ccsc3[C@H](O)[C@H]3COC(=O)[C@]23O)cc(OC)c1OC. The van der Waals surface area contributed by atoms with Crippen LogP contribution in [0.25, 0.3) is 0 Å². The Hall–Kier alpha value is -2.29. The van der Waals surface area contributed by atoms with E-state index in [9.17, 15) is 15.0 Å². The molecule has 0 unspecified atom stereocenters. The smallest absolute Gasteiger partial charge is 0.339 e. The van der Waals surface area contributed by atoms with E-state index in [1.807, 2.05) is 11.4 Å². The molecule has 2 N–H and O–H groups in total. The number of ether oxygens (including phenoxy) is 4. The predicted octanol–water partition coefficient (Wildman–Crippen LogP) is 1.86. The molecule has 0 amide bonds. The van der Waals surface area contributed by atoms with Crippen LogP contribution in [-0.4, -0.2) is 49.7 Å². The largest absolute Gasteiger partial charge is 0.493 e. The standard InChI is InChI=1S/C19H20O7S/c1-23-12-6-9(7-13(24-2)16(12)25-3)14-10-4-5-27-17(10)15(20)11-8-26-18(21)19(11,14)22/h4-7,11,14-15,20,22H,8H2,1-3H3/t11-,14-,15-,19-/m1/s1.